The van der Waals surface area contributed by atoms with Crippen molar-refractivity contribution in [3.63, 3.8) is 0 Å². The van der Waals surface area contributed by atoms with Crippen molar-refractivity contribution in [3.8, 4) is 22.5 Å². The van der Waals surface area contributed by atoms with E-state index in [-0.39, 0.29) is 17.0 Å². The molecule has 0 saturated carbocycles. The van der Waals surface area contributed by atoms with Gasteiger partial charge in [0.1, 0.15) is 21.5 Å². The van der Waals surface area contributed by atoms with E-state index in [0.717, 1.165) is 33.5 Å². The van der Waals surface area contributed by atoms with Crippen molar-refractivity contribution in [2.45, 2.75) is 58.5 Å². The Labute approximate surface area is 271 Å². The molecular weight excluding hydrogens is 593 g/mol. The van der Waals surface area contributed by atoms with Gasteiger partial charge in [0.25, 0.3) is 0 Å². The molecule has 0 fully saturated rings. The highest BCUT2D eigenvalue weighted by Crippen LogP contribution is 2.43. The molecule has 0 unspecified atom stereocenters. The number of rotatable bonds is 7. The summed E-state index contributed by atoms with van der Waals surface area (Å²) < 4.78 is 46.6. The zero-order valence-electron chi connectivity index (χ0n) is 27.0. The van der Waals surface area contributed by atoms with E-state index >= 15 is 0 Å². The fourth-order valence-electron chi connectivity index (χ4n) is 6.45. The summed E-state index contributed by atoms with van der Waals surface area (Å²) in [6.45, 7) is 12.8. The fraction of sp³-hybridized carbons (Fsp3) is 0.205. The quantitative estimate of drug-likeness (QED) is 0.100. The Morgan fingerprint density at radius 1 is 0.739 bits per heavy atom. The molecule has 0 N–H and O–H groups in total. The Bertz CT molecular complexity index is 2230. The van der Waals surface area contributed by atoms with Gasteiger partial charge >= 0.3 is 0 Å². The van der Waals surface area contributed by atoms with Crippen LogP contribution in [0.5, 0.6) is 0 Å². The molecule has 1 aliphatic heterocycles. The highest BCUT2D eigenvalue weighted by Gasteiger charge is 2.25. The smallest absolute Gasteiger partial charge is 0.209 e. The molecule has 1 aliphatic carbocycles. The molecule has 2 aliphatic rings. The van der Waals surface area contributed by atoms with E-state index in [1.54, 1.807) is 18.2 Å². The first-order valence-corrected chi connectivity index (χ1v) is 16.9. The summed E-state index contributed by atoms with van der Waals surface area (Å²) in [6, 6.07) is 35.2. The summed E-state index contributed by atoms with van der Waals surface area (Å²) in [5, 5.41) is 1.66. The number of hydrogen-bond donors (Lipinski definition) is 0. The molecule has 0 radical (unpaired) electrons. The monoisotopic (exact) mass is 630 g/mol. The van der Waals surface area contributed by atoms with Crippen molar-refractivity contribution in [1.82, 2.24) is 4.58 Å². The average Bonchev–Trinajstić information content (AvgIpc) is 3.01. The number of benzene rings is 5. The number of para-hydroxylation sites is 2. The predicted molar refractivity (Wildman–Crippen MR) is 186 cm³/mol. The van der Waals surface area contributed by atoms with Crippen molar-refractivity contribution in [2.24, 2.45) is 0 Å². The fourth-order valence-corrected chi connectivity index (χ4v) is 7.13. The van der Waals surface area contributed by atoms with Gasteiger partial charge in [-0.15, -0.1) is 0 Å². The van der Waals surface area contributed by atoms with Crippen molar-refractivity contribution in [1.29, 1.82) is 0 Å². The maximum absolute atomic E-state index is 12.5. The molecule has 6 nitrogen and oxygen atoms in total. The van der Waals surface area contributed by atoms with Gasteiger partial charge in [0, 0.05) is 63.3 Å². The van der Waals surface area contributed by atoms with Crippen LogP contribution < -0.4 is 14.8 Å². The Balaban J connectivity index is 1.72. The van der Waals surface area contributed by atoms with Gasteiger partial charge in [0.15, 0.2) is 6.04 Å². The SMILES string of the molecule is Cc1ccccc1N(c1ccc2c(-c3ccccc3S(=O)(=O)[O-])c3ccc(=[N+](c4ccccc4C)C(C)C)cc-3oc2c1)C(C)C. The van der Waals surface area contributed by atoms with Crippen LogP contribution >= 0.6 is 0 Å². The minimum atomic E-state index is -4.76. The molecule has 234 valence electrons. The standard InChI is InChI=1S/C39H38N2O4S/c1-25(2)40(34-16-10-7-13-27(34)5)29-19-21-31-36(23-29)45-37-24-30(41(26(3)4)35-17-11-8-14-28(35)6)20-22-32(37)39(31)33-15-9-12-18-38(33)46(42,43)44/h7-26H,1-6H3. The molecule has 7 heteroatoms. The highest BCUT2D eigenvalue weighted by atomic mass is 32.2. The first-order chi connectivity index (χ1) is 22.0. The predicted octanol–water partition coefficient (Wildman–Crippen LogP) is 8.78. The van der Waals surface area contributed by atoms with Gasteiger partial charge in [-0.05, 0) is 77.4 Å². The number of hydrogen-bond acceptors (Lipinski definition) is 5. The Hall–Kier alpha value is -4.72. The van der Waals surface area contributed by atoms with E-state index in [9.17, 15) is 13.0 Å². The van der Waals surface area contributed by atoms with E-state index in [1.807, 2.05) is 60.7 Å². The van der Waals surface area contributed by atoms with Crippen molar-refractivity contribution < 1.29 is 17.4 Å². The van der Waals surface area contributed by atoms with Crippen LogP contribution in [-0.4, -0.2) is 25.1 Å². The van der Waals surface area contributed by atoms with Crippen molar-refractivity contribution in [3.05, 3.63) is 126 Å². The lowest BCUT2D eigenvalue weighted by Gasteiger charge is -2.31. The number of anilines is 2. The molecule has 0 spiro atoms. The lowest BCUT2D eigenvalue weighted by molar-refractivity contribution is 0.463. The molecule has 0 atom stereocenters. The summed E-state index contributed by atoms with van der Waals surface area (Å²) in [7, 11) is -4.76. The zero-order chi connectivity index (χ0) is 32.7. The number of aryl methyl sites for hydroxylation is 2. The van der Waals surface area contributed by atoms with Gasteiger partial charge in [-0.1, -0.05) is 54.6 Å². The first-order valence-electron chi connectivity index (χ1n) is 15.5. The largest absolute Gasteiger partial charge is 0.744 e. The molecule has 0 saturated heterocycles. The van der Waals surface area contributed by atoms with Crippen molar-refractivity contribution >= 4 is 38.1 Å². The van der Waals surface area contributed by atoms with Gasteiger partial charge in [-0.2, -0.15) is 4.58 Å². The lowest BCUT2D eigenvalue weighted by atomic mass is 9.93. The van der Waals surface area contributed by atoms with Gasteiger partial charge in [-0.25, -0.2) is 8.42 Å². The molecular formula is C39H38N2O4S. The van der Waals surface area contributed by atoms with Crippen LogP contribution in [0.25, 0.3) is 33.4 Å². The lowest BCUT2D eigenvalue weighted by Crippen LogP contribution is -2.32. The second-order valence-electron chi connectivity index (χ2n) is 12.3. The molecule has 6 rings (SSSR count). The Morgan fingerprint density at radius 2 is 1.41 bits per heavy atom. The maximum Gasteiger partial charge on any atom is 0.209 e. The minimum Gasteiger partial charge on any atom is -0.744 e. The Morgan fingerprint density at radius 3 is 2.09 bits per heavy atom. The van der Waals surface area contributed by atoms with Crippen LogP contribution in [0.2, 0.25) is 0 Å². The second kappa shape index (κ2) is 12.2. The van der Waals surface area contributed by atoms with Crippen LogP contribution in [0, 0.1) is 13.8 Å². The molecule has 1 heterocycles. The highest BCUT2D eigenvalue weighted by molar-refractivity contribution is 7.85. The minimum absolute atomic E-state index is 0.144. The molecule has 0 bridgehead atoms. The van der Waals surface area contributed by atoms with E-state index in [0.29, 0.717) is 33.4 Å². The average molecular weight is 631 g/mol. The van der Waals surface area contributed by atoms with E-state index < -0.39 is 10.1 Å². The molecule has 0 aromatic heterocycles. The van der Waals surface area contributed by atoms with Crippen molar-refractivity contribution in [2.75, 3.05) is 4.90 Å². The zero-order valence-corrected chi connectivity index (χ0v) is 27.8. The van der Waals surface area contributed by atoms with Crippen LogP contribution in [0.15, 0.2) is 119 Å². The second-order valence-corrected chi connectivity index (χ2v) is 13.6. The number of nitrogens with zero attached hydrogens (tertiary/aromatic N) is 2. The van der Waals surface area contributed by atoms with Gasteiger partial charge < -0.3 is 13.9 Å². The third-order valence-electron chi connectivity index (χ3n) is 8.45. The maximum atomic E-state index is 12.5. The third-order valence-corrected chi connectivity index (χ3v) is 9.35. The normalized spacial score (nSPS) is 12.7. The van der Waals surface area contributed by atoms with E-state index in [1.165, 1.54) is 6.07 Å². The van der Waals surface area contributed by atoms with Gasteiger partial charge in [-0.3, -0.25) is 0 Å². The summed E-state index contributed by atoms with van der Waals surface area (Å²) >= 11 is 0. The van der Waals surface area contributed by atoms with Crippen LogP contribution in [0.4, 0.5) is 17.1 Å². The van der Waals surface area contributed by atoms with Crippen LogP contribution in [-0.2, 0) is 10.1 Å². The summed E-state index contributed by atoms with van der Waals surface area (Å²) in [6.07, 6.45) is 0. The third kappa shape index (κ3) is 5.72. The van der Waals surface area contributed by atoms with E-state index in [4.69, 9.17) is 4.42 Å². The molecule has 0 amide bonds. The summed E-state index contributed by atoms with van der Waals surface area (Å²) in [5.74, 6) is 0.585. The van der Waals surface area contributed by atoms with Gasteiger partial charge in [0.2, 0.25) is 11.0 Å². The summed E-state index contributed by atoms with van der Waals surface area (Å²) in [4.78, 5) is 2.00. The Kier molecular flexibility index (Phi) is 8.32. The van der Waals surface area contributed by atoms with Crippen LogP contribution in [0.3, 0.4) is 0 Å². The molecule has 4 aromatic rings. The van der Waals surface area contributed by atoms with E-state index in [2.05, 4.69) is 75.3 Å². The molecule has 46 heavy (non-hydrogen) atoms. The summed E-state index contributed by atoms with van der Waals surface area (Å²) in [5.41, 5.74) is 7.72. The molecule has 4 aromatic carbocycles. The van der Waals surface area contributed by atoms with Gasteiger partial charge in [0.05, 0.1) is 11.0 Å². The first kappa shape index (κ1) is 31.3. The van der Waals surface area contributed by atoms with Crippen LogP contribution in [0.1, 0.15) is 38.8 Å². The topological polar surface area (TPSA) is 76.6 Å². The number of fused-ring (bicyclic) bond motifs is 2.